The lowest BCUT2D eigenvalue weighted by Gasteiger charge is -2.56. The van der Waals surface area contributed by atoms with Crippen LogP contribution in [0.2, 0.25) is 0 Å². The molecule has 3 heterocycles. The number of hydrogen-bond acceptors (Lipinski definition) is 2. The van der Waals surface area contributed by atoms with Crippen molar-refractivity contribution in [2.45, 2.75) is 37.3 Å². The Balaban J connectivity index is 1.74. The highest BCUT2D eigenvalue weighted by Crippen LogP contribution is 2.62. The SMILES string of the molecule is C/C=C1\C[N+]2(C)CC[C@]34c5ccccc5N[C@H]3[C@@H](CO)[C@H]1C[C@H]42. The number of allylic oxidation sites excluding steroid dienone is 1. The molecule has 0 amide bonds. The summed E-state index contributed by atoms with van der Waals surface area (Å²) in [6.45, 7) is 4.93. The van der Waals surface area contributed by atoms with Gasteiger partial charge in [0, 0.05) is 37.1 Å². The second-order valence-electron chi connectivity index (χ2n) is 8.39. The normalized spacial score (nSPS) is 48.0. The Hall–Kier alpha value is -1.32. The van der Waals surface area contributed by atoms with Gasteiger partial charge < -0.3 is 14.9 Å². The summed E-state index contributed by atoms with van der Waals surface area (Å²) in [5.41, 5.74) is 4.65. The van der Waals surface area contributed by atoms with Gasteiger partial charge in [-0.1, -0.05) is 24.3 Å². The van der Waals surface area contributed by atoms with E-state index in [1.807, 2.05) is 0 Å². The number of aliphatic hydroxyl groups excluding tert-OH is 1. The Morgan fingerprint density at radius 1 is 1.39 bits per heavy atom. The molecule has 23 heavy (non-hydrogen) atoms. The molecule has 2 N–H and O–H groups in total. The number of hydrogen-bond donors (Lipinski definition) is 2. The smallest absolute Gasteiger partial charge is 0.102 e. The highest BCUT2D eigenvalue weighted by Gasteiger charge is 2.70. The molecule has 1 aromatic carbocycles. The summed E-state index contributed by atoms with van der Waals surface area (Å²) >= 11 is 0. The minimum Gasteiger partial charge on any atom is -0.396 e. The summed E-state index contributed by atoms with van der Waals surface area (Å²) in [6.07, 6.45) is 4.83. The number of aliphatic hydroxyl groups is 1. The van der Waals surface area contributed by atoms with Crippen molar-refractivity contribution in [1.82, 2.24) is 0 Å². The third-order valence-corrected chi connectivity index (χ3v) is 7.70. The number of nitrogens with one attached hydrogen (secondary N) is 1. The van der Waals surface area contributed by atoms with Crippen LogP contribution in [0, 0.1) is 11.8 Å². The predicted molar refractivity (Wildman–Crippen MR) is 92.3 cm³/mol. The van der Waals surface area contributed by atoms with Crippen LogP contribution in [0.3, 0.4) is 0 Å². The molecule has 3 aliphatic heterocycles. The molecule has 1 saturated carbocycles. The van der Waals surface area contributed by atoms with Crippen LogP contribution in [0.1, 0.15) is 25.3 Å². The zero-order chi connectivity index (χ0) is 15.8. The van der Waals surface area contributed by atoms with Crippen molar-refractivity contribution < 1.29 is 9.59 Å². The fraction of sp³-hybridized carbons (Fsp3) is 0.600. The lowest BCUT2D eigenvalue weighted by molar-refractivity contribution is -0.925. The average Bonchev–Trinajstić information content (AvgIpc) is 3.08. The molecule has 2 bridgehead atoms. The zero-order valence-corrected chi connectivity index (χ0v) is 14.1. The molecule has 2 saturated heterocycles. The molecule has 0 aromatic heterocycles. The molecule has 6 atom stereocenters. The van der Waals surface area contributed by atoms with E-state index in [1.54, 1.807) is 5.57 Å². The third kappa shape index (κ3) is 1.49. The van der Waals surface area contributed by atoms with E-state index in [9.17, 15) is 5.11 Å². The highest BCUT2D eigenvalue weighted by molar-refractivity contribution is 5.64. The van der Waals surface area contributed by atoms with Gasteiger partial charge in [0.05, 0.1) is 19.0 Å². The lowest BCUT2D eigenvalue weighted by Crippen LogP contribution is -2.67. The van der Waals surface area contributed by atoms with Crippen LogP contribution < -0.4 is 5.32 Å². The van der Waals surface area contributed by atoms with Gasteiger partial charge in [0.15, 0.2) is 0 Å². The van der Waals surface area contributed by atoms with Crippen LogP contribution in [0.25, 0.3) is 0 Å². The van der Waals surface area contributed by atoms with Crippen molar-refractivity contribution in [3.63, 3.8) is 0 Å². The number of nitrogens with zero attached hydrogens (tertiary/aromatic N) is 1. The standard InChI is InChI=1S/C20H27N2O/c1-3-13-11-22(2)9-8-20-16-6-4-5-7-17(16)21-19(20)15(12-23)14(13)10-18(20)22/h3-7,14-15,18-19,21,23H,8-12H2,1-2H3/q+1/b13-3+/t14-,15-,18+,19-,20+,22?/m0/s1. The van der Waals surface area contributed by atoms with Crippen LogP contribution in [0.4, 0.5) is 5.69 Å². The Labute approximate surface area is 138 Å². The summed E-state index contributed by atoms with van der Waals surface area (Å²) in [7, 11) is 2.47. The summed E-state index contributed by atoms with van der Waals surface area (Å²) in [4.78, 5) is 0. The quantitative estimate of drug-likeness (QED) is 0.617. The maximum atomic E-state index is 10.3. The monoisotopic (exact) mass is 311 g/mol. The van der Waals surface area contributed by atoms with Crippen molar-refractivity contribution in [2.24, 2.45) is 11.8 Å². The van der Waals surface area contributed by atoms with E-state index in [-0.39, 0.29) is 5.41 Å². The summed E-state index contributed by atoms with van der Waals surface area (Å²) in [6, 6.07) is 10.0. The number of anilines is 1. The largest absolute Gasteiger partial charge is 0.396 e. The summed E-state index contributed by atoms with van der Waals surface area (Å²) in [5.74, 6) is 0.899. The molecule has 5 rings (SSSR count). The van der Waals surface area contributed by atoms with Crippen molar-refractivity contribution in [2.75, 3.05) is 32.1 Å². The number of para-hydroxylation sites is 1. The first-order chi connectivity index (χ1) is 11.1. The Morgan fingerprint density at radius 3 is 3.00 bits per heavy atom. The van der Waals surface area contributed by atoms with E-state index >= 15 is 0 Å². The first kappa shape index (κ1) is 14.1. The molecule has 1 spiro atoms. The molecule has 3 nitrogen and oxygen atoms in total. The fourth-order valence-corrected chi connectivity index (χ4v) is 6.76. The molecule has 3 heteroatoms. The van der Waals surface area contributed by atoms with Gasteiger partial charge in [-0.05, 0) is 30.0 Å². The van der Waals surface area contributed by atoms with E-state index in [0.29, 0.717) is 30.5 Å². The molecule has 0 radical (unpaired) electrons. The first-order valence-electron chi connectivity index (χ1n) is 9.10. The third-order valence-electron chi connectivity index (χ3n) is 7.70. The first-order valence-corrected chi connectivity index (χ1v) is 9.10. The number of benzene rings is 1. The molecule has 4 aliphatic rings. The second-order valence-corrected chi connectivity index (χ2v) is 8.39. The van der Waals surface area contributed by atoms with Crippen molar-refractivity contribution >= 4 is 5.69 Å². The van der Waals surface area contributed by atoms with Crippen molar-refractivity contribution in [1.29, 1.82) is 0 Å². The number of quaternary nitrogens is 1. The summed E-state index contributed by atoms with van der Waals surface area (Å²) in [5, 5.41) is 14.1. The topological polar surface area (TPSA) is 32.3 Å². The van der Waals surface area contributed by atoms with E-state index in [2.05, 4.69) is 49.6 Å². The Kier molecular flexibility index (Phi) is 2.69. The van der Waals surface area contributed by atoms with Crippen molar-refractivity contribution in [3.8, 4) is 0 Å². The molecule has 3 fully saturated rings. The fourth-order valence-electron chi connectivity index (χ4n) is 6.76. The summed E-state index contributed by atoms with van der Waals surface area (Å²) < 4.78 is 1.20. The minimum absolute atomic E-state index is 0.231. The molecule has 122 valence electrons. The van der Waals surface area contributed by atoms with Crippen LogP contribution in [0.15, 0.2) is 35.9 Å². The molecular formula is C20H27N2O+. The Morgan fingerprint density at radius 2 is 2.22 bits per heavy atom. The van der Waals surface area contributed by atoms with E-state index in [4.69, 9.17) is 0 Å². The van der Waals surface area contributed by atoms with Crippen LogP contribution in [-0.2, 0) is 5.41 Å². The Bertz CT molecular complexity index is 699. The number of rotatable bonds is 1. The van der Waals surface area contributed by atoms with E-state index < -0.39 is 0 Å². The van der Waals surface area contributed by atoms with Gasteiger partial charge in [-0.2, -0.15) is 0 Å². The zero-order valence-electron chi connectivity index (χ0n) is 14.1. The molecule has 1 unspecified atom stereocenters. The van der Waals surface area contributed by atoms with Crippen LogP contribution in [0.5, 0.6) is 0 Å². The van der Waals surface area contributed by atoms with Gasteiger partial charge in [-0.25, -0.2) is 0 Å². The van der Waals surface area contributed by atoms with Gasteiger partial charge in [-0.3, -0.25) is 0 Å². The van der Waals surface area contributed by atoms with E-state index in [1.165, 1.54) is 41.7 Å². The van der Waals surface area contributed by atoms with Gasteiger partial charge in [0.2, 0.25) is 0 Å². The number of piperidine rings is 1. The van der Waals surface area contributed by atoms with Gasteiger partial charge in [0.1, 0.15) is 12.6 Å². The van der Waals surface area contributed by atoms with Crippen molar-refractivity contribution in [3.05, 3.63) is 41.5 Å². The lowest BCUT2D eigenvalue weighted by atomic mass is 9.55. The predicted octanol–water partition coefficient (Wildman–Crippen LogP) is 2.53. The average molecular weight is 311 g/mol. The highest BCUT2D eigenvalue weighted by atomic mass is 16.3. The molecular weight excluding hydrogens is 284 g/mol. The van der Waals surface area contributed by atoms with Gasteiger partial charge in [-0.15, -0.1) is 0 Å². The van der Waals surface area contributed by atoms with Gasteiger partial charge >= 0.3 is 0 Å². The second kappa shape index (κ2) is 4.40. The maximum absolute atomic E-state index is 10.3. The minimum atomic E-state index is 0.231. The maximum Gasteiger partial charge on any atom is 0.102 e. The van der Waals surface area contributed by atoms with Crippen LogP contribution in [-0.4, -0.2) is 48.4 Å². The molecule has 1 aliphatic carbocycles. The van der Waals surface area contributed by atoms with Gasteiger partial charge in [0.25, 0.3) is 0 Å². The van der Waals surface area contributed by atoms with E-state index in [0.717, 1.165) is 0 Å². The molecule has 1 aromatic rings. The number of likely N-dealkylation sites (N-methyl/N-ethyl adjacent to an activating group) is 1. The number of fused-ring (bicyclic) bond motifs is 2. The van der Waals surface area contributed by atoms with Crippen LogP contribution >= 0.6 is 0 Å².